The van der Waals surface area contributed by atoms with E-state index in [1.807, 2.05) is 0 Å². The number of rotatable bonds is 2. The zero-order chi connectivity index (χ0) is 10.8. The molecule has 4 heteroatoms. The van der Waals surface area contributed by atoms with Crippen molar-refractivity contribution in [2.45, 2.75) is 37.5 Å². The molecule has 1 N–H and O–H groups in total. The second kappa shape index (κ2) is 5.00. The van der Waals surface area contributed by atoms with Gasteiger partial charge in [0.25, 0.3) is 0 Å². The summed E-state index contributed by atoms with van der Waals surface area (Å²) in [5.41, 5.74) is 0. The Hall–Kier alpha value is -0.160. The first-order valence-corrected chi connectivity index (χ1v) is 6.61. The topological polar surface area (TPSA) is 33.7 Å². The molecule has 2 heterocycles. The molecule has 3 aliphatic rings. The van der Waals surface area contributed by atoms with E-state index in [-0.39, 0.29) is 0 Å². The van der Waals surface area contributed by atoms with Gasteiger partial charge in [-0.25, -0.2) is 0 Å². The molecule has 3 fully saturated rings. The highest BCUT2D eigenvalue weighted by Gasteiger charge is 2.36. The van der Waals surface area contributed by atoms with E-state index < -0.39 is 0 Å². The van der Waals surface area contributed by atoms with Crippen LogP contribution in [0, 0.1) is 0 Å². The summed E-state index contributed by atoms with van der Waals surface area (Å²) in [7, 11) is 0. The van der Waals surface area contributed by atoms with Crippen LogP contribution >= 0.6 is 0 Å². The van der Waals surface area contributed by atoms with Crippen LogP contribution in [0.1, 0.15) is 19.3 Å². The smallest absolute Gasteiger partial charge is 0.0826 e. The van der Waals surface area contributed by atoms with Gasteiger partial charge in [0.1, 0.15) is 0 Å². The first kappa shape index (κ1) is 11.0. The van der Waals surface area contributed by atoms with Crippen LogP contribution < -0.4 is 5.32 Å². The summed E-state index contributed by atoms with van der Waals surface area (Å²) < 4.78 is 11.6. The van der Waals surface area contributed by atoms with Crippen LogP contribution in [0.15, 0.2) is 0 Å². The zero-order valence-electron chi connectivity index (χ0n) is 9.86. The summed E-state index contributed by atoms with van der Waals surface area (Å²) in [4.78, 5) is 2.60. The fourth-order valence-electron chi connectivity index (χ4n) is 3.23. The van der Waals surface area contributed by atoms with Crippen molar-refractivity contribution in [2.24, 2.45) is 0 Å². The summed E-state index contributed by atoms with van der Waals surface area (Å²) in [6, 6.07) is 0.666. The molecule has 0 aromatic carbocycles. The first-order valence-electron chi connectivity index (χ1n) is 6.61. The Kier molecular flexibility index (Phi) is 3.43. The fourth-order valence-corrected chi connectivity index (χ4v) is 3.23. The lowest BCUT2D eigenvalue weighted by atomic mass is 10.1. The molecule has 3 unspecified atom stereocenters. The van der Waals surface area contributed by atoms with Gasteiger partial charge in [0, 0.05) is 32.2 Å². The Morgan fingerprint density at radius 3 is 3.06 bits per heavy atom. The Balaban J connectivity index is 1.56. The quantitative estimate of drug-likeness (QED) is 0.731. The second-order valence-corrected chi connectivity index (χ2v) is 5.10. The minimum absolute atomic E-state index is 0.382. The standard InChI is InChI=1S/C12H22N2O2/c1-2-11-12(3-1)16-7-5-14(11)9-10-8-13-4-6-15-10/h10-13H,1-9H2. The molecule has 0 aromatic heterocycles. The van der Waals surface area contributed by atoms with E-state index in [1.165, 1.54) is 19.3 Å². The Morgan fingerprint density at radius 2 is 2.19 bits per heavy atom. The van der Waals surface area contributed by atoms with E-state index in [2.05, 4.69) is 10.2 Å². The number of hydrogen-bond acceptors (Lipinski definition) is 4. The molecule has 0 aromatic rings. The molecule has 3 atom stereocenters. The van der Waals surface area contributed by atoms with E-state index in [0.717, 1.165) is 39.4 Å². The normalized spacial score (nSPS) is 40.9. The maximum atomic E-state index is 5.82. The average Bonchev–Trinajstić information content (AvgIpc) is 2.80. The van der Waals surface area contributed by atoms with Crippen molar-refractivity contribution in [3.05, 3.63) is 0 Å². The maximum absolute atomic E-state index is 5.82. The Bertz CT molecular complexity index is 231. The number of ether oxygens (including phenoxy) is 2. The fraction of sp³-hybridized carbons (Fsp3) is 1.00. The van der Waals surface area contributed by atoms with Crippen LogP contribution in [0.25, 0.3) is 0 Å². The van der Waals surface area contributed by atoms with Crippen LogP contribution in [0.5, 0.6) is 0 Å². The largest absolute Gasteiger partial charge is 0.375 e. The molecule has 1 saturated carbocycles. The molecule has 0 spiro atoms. The highest BCUT2D eigenvalue weighted by atomic mass is 16.5. The van der Waals surface area contributed by atoms with Crippen molar-refractivity contribution in [1.29, 1.82) is 0 Å². The summed E-state index contributed by atoms with van der Waals surface area (Å²) in [6.07, 6.45) is 4.78. The molecule has 16 heavy (non-hydrogen) atoms. The highest BCUT2D eigenvalue weighted by molar-refractivity contribution is 4.90. The lowest BCUT2D eigenvalue weighted by Gasteiger charge is -2.40. The van der Waals surface area contributed by atoms with Crippen LogP contribution in [-0.4, -0.2) is 62.5 Å². The maximum Gasteiger partial charge on any atom is 0.0826 e. The molecule has 3 rings (SSSR count). The number of hydrogen-bond donors (Lipinski definition) is 1. The van der Waals surface area contributed by atoms with Crippen LogP contribution in [0.3, 0.4) is 0 Å². The summed E-state index contributed by atoms with van der Waals surface area (Å²) >= 11 is 0. The van der Waals surface area contributed by atoms with Crippen molar-refractivity contribution in [3.63, 3.8) is 0 Å². The molecule has 4 nitrogen and oxygen atoms in total. The summed E-state index contributed by atoms with van der Waals surface area (Å²) in [5, 5.41) is 3.40. The van der Waals surface area contributed by atoms with Gasteiger partial charge in [0.05, 0.1) is 25.4 Å². The van der Waals surface area contributed by atoms with Gasteiger partial charge in [-0.3, -0.25) is 4.90 Å². The number of nitrogens with zero attached hydrogens (tertiary/aromatic N) is 1. The van der Waals surface area contributed by atoms with Crippen LogP contribution in [-0.2, 0) is 9.47 Å². The number of fused-ring (bicyclic) bond motifs is 1. The SMILES string of the molecule is C1CC2OCCN(CC3CNCCO3)C2C1. The van der Waals surface area contributed by atoms with Crippen molar-refractivity contribution in [1.82, 2.24) is 10.2 Å². The van der Waals surface area contributed by atoms with E-state index in [0.29, 0.717) is 18.2 Å². The third-order valence-electron chi connectivity index (χ3n) is 4.04. The molecule has 0 amide bonds. The van der Waals surface area contributed by atoms with Crippen LogP contribution in [0.4, 0.5) is 0 Å². The zero-order valence-corrected chi connectivity index (χ0v) is 9.86. The predicted octanol–water partition coefficient (Wildman–Crippen LogP) is 0.228. The van der Waals surface area contributed by atoms with Gasteiger partial charge >= 0.3 is 0 Å². The van der Waals surface area contributed by atoms with Crippen molar-refractivity contribution in [3.8, 4) is 0 Å². The summed E-state index contributed by atoms with van der Waals surface area (Å²) in [6.45, 7) is 5.95. The molecule has 1 aliphatic carbocycles. The molecular formula is C12H22N2O2. The predicted molar refractivity (Wildman–Crippen MR) is 61.6 cm³/mol. The van der Waals surface area contributed by atoms with Gasteiger partial charge in [-0.05, 0) is 19.3 Å². The lowest BCUT2D eigenvalue weighted by molar-refractivity contribution is -0.0790. The second-order valence-electron chi connectivity index (χ2n) is 5.10. The van der Waals surface area contributed by atoms with Crippen molar-refractivity contribution in [2.75, 3.05) is 39.4 Å². The van der Waals surface area contributed by atoms with Gasteiger partial charge in [-0.15, -0.1) is 0 Å². The highest BCUT2D eigenvalue weighted by Crippen LogP contribution is 2.29. The van der Waals surface area contributed by atoms with E-state index in [9.17, 15) is 0 Å². The van der Waals surface area contributed by atoms with E-state index in [1.54, 1.807) is 0 Å². The first-order chi connectivity index (χ1) is 7.93. The summed E-state index contributed by atoms with van der Waals surface area (Å²) in [5.74, 6) is 0. The van der Waals surface area contributed by atoms with Gasteiger partial charge in [0.2, 0.25) is 0 Å². The Labute approximate surface area is 97.3 Å². The molecule has 2 saturated heterocycles. The monoisotopic (exact) mass is 226 g/mol. The molecule has 0 bridgehead atoms. The minimum Gasteiger partial charge on any atom is -0.375 e. The van der Waals surface area contributed by atoms with Crippen molar-refractivity contribution < 1.29 is 9.47 Å². The van der Waals surface area contributed by atoms with E-state index >= 15 is 0 Å². The minimum atomic E-state index is 0.382. The van der Waals surface area contributed by atoms with Gasteiger partial charge in [0.15, 0.2) is 0 Å². The van der Waals surface area contributed by atoms with Gasteiger partial charge in [-0.1, -0.05) is 0 Å². The molecule has 2 aliphatic heterocycles. The molecular weight excluding hydrogens is 204 g/mol. The average molecular weight is 226 g/mol. The van der Waals surface area contributed by atoms with Gasteiger partial charge < -0.3 is 14.8 Å². The molecule has 92 valence electrons. The van der Waals surface area contributed by atoms with E-state index in [4.69, 9.17) is 9.47 Å². The van der Waals surface area contributed by atoms with Crippen LogP contribution in [0.2, 0.25) is 0 Å². The number of morpholine rings is 2. The Morgan fingerprint density at radius 1 is 1.19 bits per heavy atom. The lowest BCUT2D eigenvalue weighted by Crippen LogP contribution is -2.53. The van der Waals surface area contributed by atoms with Crippen molar-refractivity contribution >= 4 is 0 Å². The third kappa shape index (κ3) is 2.25. The third-order valence-corrected chi connectivity index (χ3v) is 4.04. The van der Waals surface area contributed by atoms with Gasteiger partial charge in [-0.2, -0.15) is 0 Å². The molecule has 0 radical (unpaired) electrons. The number of nitrogens with one attached hydrogen (secondary N) is 1.